The topological polar surface area (TPSA) is 48.0 Å². The number of aromatic amines is 1. The number of H-pyrrole nitrogens is 1. The number of phenols is 1. The van der Waals surface area contributed by atoms with Gasteiger partial charge in [-0.3, -0.25) is 0 Å². The van der Waals surface area contributed by atoms with Gasteiger partial charge in [0, 0.05) is 22.6 Å². The quantitative estimate of drug-likeness (QED) is 0.720. The predicted molar refractivity (Wildman–Crippen MR) is 83.2 cm³/mol. The highest BCUT2D eigenvalue weighted by molar-refractivity contribution is 5.86. The van der Waals surface area contributed by atoms with Crippen molar-refractivity contribution >= 4 is 10.9 Å². The van der Waals surface area contributed by atoms with Crippen LogP contribution in [0.1, 0.15) is 56.3 Å². The number of aromatic hydroxyl groups is 1. The van der Waals surface area contributed by atoms with Crippen molar-refractivity contribution in [1.29, 1.82) is 0 Å². The summed E-state index contributed by atoms with van der Waals surface area (Å²) >= 11 is 0. The number of benzene rings is 1. The molecule has 1 aromatic carbocycles. The summed E-state index contributed by atoms with van der Waals surface area (Å²) in [7, 11) is 0. The first kappa shape index (κ1) is 13.5. The molecule has 0 aliphatic carbocycles. The van der Waals surface area contributed by atoms with Gasteiger partial charge in [-0.2, -0.15) is 0 Å². The van der Waals surface area contributed by atoms with Gasteiger partial charge in [0.25, 0.3) is 0 Å². The third-order valence-electron chi connectivity index (χ3n) is 4.38. The van der Waals surface area contributed by atoms with Gasteiger partial charge in [-0.1, -0.05) is 32.6 Å². The fourth-order valence-electron chi connectivity index (χ4n) is 3.32. The predicted octanol–water partition coefficient (Wildman–Crippen LogP) is 4.03. The first-order valence-electron chi connectivity index (χ1n) is 7.86. The number of aromatic nitrogens is 1. The number of rotatable bonds is 5. The van der Waals surface area contributed by atoms with Crippen molar-refractivity contribution in [3.63, 3.8) is 0 Å². The van der Waals surface area contributed by atoms with Crippen molar-refractivity contribution < 1.29 is 5.11 Å². The first-order chi connectivity index (χ1) is 9.79. The molecule has 0 fully saturated rings. The Morgan fingerprint density at radius 3 is 3.00 bits per heavy atom. The van der Waals surface area contributed by atoms with Crippen LogP contribution in [0, 0.1) is 0 Å². The number of unbranched alkanes of at least 4 members (excludes halogenated alkanes) is 3. The Labute approximate surface area is 120 Å². The Morgan fingerprint density at radius 2 is 2.15 bits per heavy atom. The van der Waals surface area contributed by atoms with E-state index in [1.807, 2.05) is 12.1 Å². The van der Waals surface area contributed by atoms with Crippen LogP contribution in [-0.4, -0.2) is 16.6 Å². The van der Waals surface area contributed by atoms with E-state index in [0.717, 1.165) is 18.5 Å². The Kier molecular flexibility index (Phi) is 3.97. The van der Waals surface area contributed by atoms with E-state index < -0.39 is 0 Å². The van der Waals surface area contributed by atoms with Crippen molar-refractivity contribution in [3.8, 4) is 5.75 Å². The number of hydrogen-bond acceptors (Lipinski definition) is 2. The first-order valence-corrected chi connectivity index (χ1v) is 7.86. The third kappa shape index (κ3) is 2.55. The fourth-order valence-corrected chi connectivity index (χ4v) is 3.32. The van der Waals surface area contributed by atoms with Gasteiger partial charge in [0.1, 0.15) is 5.75 Å². The molecule has 1 aromatic heterocycles. The largest absolute Gasteiger partial charge is 0.508 e. The zero-order valence-corrected chi connectivity index (χ0v) is 12.2. The summed E-state index contributed by atoms with van der Waals surface area (Å²) in [4.78, 5) is 3.56. The van der Waals surface area contributed by atoms with E-state index in [9.17, 15) is 5.11 Å². The minimum Gasteiger partial charge on any atom is -0.508 e. The number of fused-ring (bicyclic) bond motifs is 3. The van der Waals surface area contributed by atoms with Crippen molar-refractivity contribution in [2.24, 2.45) is 0 Å². The lowest BCUT2D eigenvalue weighted by molar-refractivity contribution is 0.445. The zero-order chi connectivity index (χ0) is 13.9. The normalized spacial score (nSPS) is 18.4. The van der Waals surface area contributed by atoms with E-state index in [1.165, 1.54) is 48.7 Å². The molecule has 1 aliphatic heterocycles. The molecule has 0 bridgehead atoms. The molecule has 2 heterocycles. The van der Waals surface area contributed by atoms with E-state index in [-0.39, 0.29) is 0 Å². The number of nitrogens with one attached hydrogen (secondary N) is 2. The van der Waals surface area contributed by atoms with Crippen LogP contribution in [0.15, 0.2) is 18.2 Å². The molecule has 1 atom stereocenters. The molecular formula is C17H24N2O. The van der Waals surface area contributed by atoms with Crippen LogP contribution in [0.3, 0.4) is 0 Å². The van der Waals surface area contributed by atoms with Crippen LogP contribution in [-0.2, 0) is 6.42 Å². The Hall–Kier alpha value is -1.48. The van der Waals surface area contributed by atoms with Gasteiger partial charge in [0.15, 0.2) is 0 Å². The molecule has 3 N–H and O–H groups in total. The van der Waals surface area contributed by atoms with E-state index >= 15 is 0 Å². The second-order valence-corrected chi connectivity index (χ2v) is 5.85. The van der Waals surface area contributed by atoms with Crippen molar-refractivity contribution in [3.05, 3.63) is 29.5 Å². The summed E-state index contributed by atoms with van der Waals surface area (Å²) in [6, 6.07) is 6.08. The summed E-state index contributed by atoms with van der Waals surface area (Å²) in [6.45, 7) is 3.29. The van der Waals surface area contributed by atoms with Gasteiger partial charge in [0.2, 0.25) is 0 Å². The van der Waals surface area contributed by atoms with Gasteiger partial charge in [0.05, 0.1) is 0 Å². The molecule has 3 nitrogen and oxygen atoms in total. The molecule has 0 amide bonds. The highest BCUT2D eigenvalue weighted by Gasteiger charge is 2.23. The average Bonchev–Trinajstić information content (AvgIpc) is 2.82. The molecule has 0 spiro atoms. The summed E-state index contributed by atoms with van der Waals surface area (Å²) in [5, 5.41) is 14.5. The van der Waals surface area contributed by atoms with Crippen LogP contribution in [0.5, 0.6) is 5.75 Å². The summed E-state index contributed by atoms with van der Waals surface area (Å²) in [5.41, 5.74) is 3.89. The maximum Gasteiger partial charge on any atom is 0.116 e. The van der Waals surface area contributed by atoms with Crippen molar-refractivity contribution in [1.82, 2.24) is 10.3 Å². The van der Waals surface area contributed by atoms with Crippen LogP contribution in [0.2, 0.25) is 0 Å². The van der Waals surface area contributed by atoms with Crippen LogP contribution >= 0.6 is 0 Å². The Morgan fingerprint density at radius 1 is 1.25 bits per heavy atom. The smallest absolute Gasteiger partial charge is 0.116 e. The highest BCUT2D eigenvalue weighted by atomic mass is 16.3. The van der Waals surface area contributed by atoms with Gasteiger partial charge >= 0.3 is 0 Å². The van der Waals surface area contributed by atoms with Crippen LogP contribution in [0.25, 0.3) is 10.9 Å². The standard InChI is InChI=1S/C17H24N2O/c1-2-3-4-5-6-16-17-13(9-10-18-16)14-11-12(20)7-8-15(14)19-17/h7-8,11,16,18-20H,2-6,9-10H2,1H3. The van der Waals surface area contributed by atoms with E-state index in [4.69, 9.17) is 0 Å². The molecular weight excluding hydrogens is 248 g/mol. The molecule has 20 heavy (non-hydrogen) atoms. The maximum atomic E-state index is 9.69. The molecule has 1 unspecified atom stereocenters. The summed E-state index contributed by atoms with van der Waals surface area (Å²) in [6.07, 6.45) is 7.47. The molecule has 0 saturated heterocycles. The van der Waals surface area contributed by atoms with Crippen LogP contribution < -0.4 is 5.32 Å². The molecule has 0 radical (unpaired) electrons. The van der Waals surface area contributed by atoms with Gasteiger partial charge < -0.3 is 15.4 Å². The summed E-state index contributed by atoms with van der Waals surface area (Å²) in [5.74, 6) is 0.359. The molecule has 3 rings (SSSR count). The zero-order valence-electron chi connectivity index (χ0n) is 12.2. The number of phenolic OH excluding ortho intramolecular Hbond substituents is 1. The average molecular weight is 272 g/mol. The van der Waals surface area contributed by atoms with Crippen LogP contribution in [0.4, 0.5) is 0 Å². The lowest BCUT2D eigenvalue weighted by atomic mass is 9.95. The highest BCUT2D eigenvalue weighted by Crippen LogP contribution is 2.33. The SMILES string of the molecule is CCCCCCC1NCCc2c1[nH]c1ccc(O)cc21. The van der Waals surface area contributed by atoms with Crippen molar-refractivity contribution in [2.75, 3.05) is 6.54 Å². The Balaban J connectivity index is 1.83. The van der Waals surface area contributed by atoms with E-state index in [2.05, 4.69) is 17.2 Å². The third-order valence-corrected chi connectivity index (χ3v) is 4.38. The van der Waals surface area contributed by atoms with Gasteiger partial charge in [-0.25, -0.2) is 0 Å². The minimum absolute atomic E-state index is 0.359. The van der Waals surface area contributed by atoms with E-state index in [0.29, 0.717) is 11.8 Å². The van der Waals surface area contributed by atoms with Gasteiger partial charge in [-0.15, -0.1) is 0 Å². The second kappa shape index (κ2) is 5.88. The maximum absolute atomic E-state index is 9.69. The molecule has 108 valence electrons. The van der Waals surface area contributed by atoms with Gasteiger partial charge in [-0.05, 0) is 43.1 Å². The molecule has 1 aliphatic rings. The Bertz CT molecular complexity index is 588. The molecule has 2 aromatic rings. The minimum atomic E-state index is 0.359. The van der Waals surface area contributed by atoms with Crippen molar-refractivity contribution in [2.45, 2.75) is 51.5 Å². The second-order valence-electron chi connectivity index (χ2n) is 5.85. The fraction of sp³-hybridized carbons (Fsp3) is 0.529. The molecule has 3 heteroatoms. The number of hydrogen-bond donors (Lipinski definition) is 3. The summed E-state index contributed by atoms with van der Waals surface area (Å²) < 4.78 is 0. The molecule has 0 saturated carbocycles. The monoisotopic (exact) mass is 272 g/mol. The lowest BCUT2D eigenvalue weighted by Crippen LogP contribution is -2.29. The lowest BCUT2D eigenvalue weighted by Gasteiger charge is -2.24. The van der Waals surface area contributed by atoms with E-state index in [1.54, 1.807) is 6.07 Å².